The van der Waals surface area contributed by atoms with E-state index in [0.717, 1.165) is 35.3 Å². The van der Waals surface area contributed by atoms with Gasteiger partial charge in [0.2, 0.25) is 0 Å². The highest BCUT2D eigenvalue weighted by molar-refractivity contribution is 5.68. The van der Waals surface area contributed by atoms with Crippen LogP contribution in [-0.2, 0) is 0 Å². The number of hydrogen-bond acceptors (Lipinski definition) is 5. The molecule has 0 fully saturated rings. The van der Waals surface area contributed by atoms with Crippen LogP contribution in [0.4, 0.5) is 0 Å². The lowest BCUT2D eigenvalue weighted by Gasteiger charge is -2.10. The van der Waals surface area contributed by atoms with Crippen LogP contribution in [0.25, 0.3) is 22.5 Å². The Kier molecular flexibility index (Phi) is 9.06. The van der Waals surface area contributed by atoms with Gasteiger partial charge in [-0.2, -0.15) is 5.26 Å². The summed E-state index contributed by atoms with van der Waals surface area (Å²) in [5, 5.41) is 9.03. The molecule has 1 heterocycles. The van der Waals surface area contributed by atoms with Gasteiger partial charge in [-0.05, 0) is 36.1 Å². The van der Waals surface area contributed by atoms with Crippen molar-refractivity contribution in [1.29, 1.82) is 5.26 Å². The molecule has 0 amide bonds. The first-order chi connectivity index (χ1) is 15.7. The van der Waals surface area contributed by atoms with E-state index < -0.39 is 0 Å². The molecule has 0 saturated heterocycles. The minimum atomic E-state index is -0.0733. The molecule has 5 nitrogen and oxygen atoms in total. The Morgan fingerprint density at radius 3 is 2.00 bits per heavy atom. The van der Waals surface area contributed by atoms with E-state index in [1.54, 1.807) is 12.4 Å². The third-order valence-corrected chi connectivity index (χ3v) is 5.35. The fourth-order valence-electron chi connectivity index (χ4n) is 3.26. The second-order valence-corrected chi connectivity index (χ2v) is 7.80. The van der Waals surface area contributed by atoms with Crippen molar-refractivity contribution in [2.45, 2.75) is 46.0 Å². The molecule has 2 aromatic carbocycles. The molecule has 0 unspecified atom stereocenters. The molecular formula is C27H31N3O2. The molecule has 0 spiro atoms. The van der Waals surface area contributed by atoms with Crippen LogP contribution in [0.3, 0.4) is 0 Å². The Balaban J connectivity index is 1.56. The van der Waals surface area contributed by atoms with E-state index >= 15 is 0 Å². The summed E-state index contributed by atoms with van der Waals surface area (Å²) in [6, 6.07) is 18.4. The maximum absolute atomic E-state index is 9.03. The number of aromatic nitrogens is 2. The molecule has 0 radical (unpaired) electrons. The molecule has 0 N–H and O–H groups in total. The summed E-state index contributed by atoms with van der Waals surface area (Å²) in [4.78, 5) is 8.90. The predicted octanol–water partition coefficient (Wildman–Crippen LogP) is 6.70. The van der Waals surface area contributed by atoms with Gasteiger partial charge >= 0.3 is 0 Å². The molecule has 0 saturated carbocycles. The molecule has 3 aromatic rings. The summed E-state index contributed by atoms with van der Waals surface area (Å²) >= 11 is 0. The topological polar surface area (TPSA) is 68.0 Å². The van der Waals surface area contributed by atoms with E-state index in [4.69, 9.17) is 14.7 Å². The van der Waals surface area contributed by atoms with Gasteiger partial charge in [-0.25, -0.2) is 9.97 Å². The van der Waals surface area contributed by atoms with E-state index in [2.05, 4.69) is 35.1 Å². The highest BCUT2D eigenvalue weighted by atomic mass is 16.5. The highest BCUT2D eigenvalue weighted by Crippen LogP contribution is 2.25. The Bertz CT molecular complexity index is 977. The van der Waals surface area contributed by atoms with Gasteiger partial charge in [0.25, 0.3) is 0 Å². The van der Waals surface area contributed by atoms with Crippen LogP contribution in [-0.4, -0.2) is 23.2 Å². The second-order valence-electron chi connectivity index (χ2n) is 7.80. The Morgan fingerprint density at radius 1 is 0.781 bits per heavy atom. The number of ether oxygens (including phenoxy) is 2. The summed E-state index contributed by atoms with van der Waals surface area (Å²) in [5.74, 6) is 2.10. The molecule has 0 aliphatic rings. The summed E-state index contributed by atoms with van der Waals surface area (Å²) in [7, 11) is 0. The van der Waals surface area contributed by atoms with Crippen molar-refractivity contribution in [2.24, 2.45) is 5.92 Å². The number of nitriles is 1. The van der Waals surface area contributed by atoms with Crippen LogP contribution in [0.15, 0.2) is 60.9 Å². The molecule has 0 aliphatic carbocycles. The first kappa shape index (κ1) is 23.3. The maximum atomic E-state index is 9.03. The highest BCUT2D eigenvalue weighted by Gasteiger charge is 2.07. The van der Waals surface area contributed by atoms with Crippen molar-refractivity contribution in [3.05, 3.63) is 60.9 Å². The number of hydrogen-bond donors (Lipinski definition) is 0. The van der Waals surface area contributed by atoms with Gasteiger partial charge in [0.05, 0.1) is 31.0 Å². The van der Waals surface area contributed by atoms with Crippen molar-refractivity contribution >= 4 is 0 Å². The number of rotatable bonds is 12. The van der Waals surface area contributed by atoms with Crippen LogP contribution in [0, 0.1) is 17.2 Å². The molecule has 5 heteroatoms. The molecule has 3 rings (SSSR count). The third-order valence-electron chi connectivity index (χ3n) is 5.35. The molecule has 32 heavy (non-hydrogen) atoms. The van der Waals surface area contributed by atoms with Crippen LogP contribution in [0.5, 0.6) is 11.5 Å². The third kappa shape index (κ3) is 6.81. The molecule has 1 atom stereocenters. The van der Waals surface area contributed by atoms with Crippen molar-refractivity contribution in [1.82, 2.24) is 9.97 Å². The lowest BCUT2D eigenvalue weighted by Crippen LogP contribution is -2.08. The normalized spacial score (nSPS) is 11.5. The average molecular weight is 430 g/mol. The number of unbranched alkanes of at least 4 members (excludes halogenated alkanes) is 3. The van der Waals surface area contributed by atoms with Gasteiger partial charge in [-0.1, -0.05) is 69.5 Å². The minimum absolute atomic E-state index is 0.0733. The quantitative estimate of drug-likeness (QED) is 0.300. The van der Waals surface area contributed by atoms with E-state index in [1.807, 2.05) is 43.3 Å². The first-order valence-corrected chi connectivity index (χ1v) is 11.4. The smallest absolute Gasteiger partial charge is 0.159 e. The van der Waals surface area contributed by atoms with Crippen LogP contribution in [0.2, 0.25) is 0 Å². The van der Waals surface area contributed by atoms with E-state index in [-0.39, 0.29) is 5.92 Å². The number of nitrogens with zero attached hydrogens (tertiary/aromatic N) is 3. The van der Waals surface area contributed by atoms with Crippen molar-refractivity contribution in [2.75, 3.05) is 13.2 Å². The van der Waals surface area contributed by atoms with E-state index in [9.17, 15) is 0 Å². The van der Waals surface area contributed by atoms with Crippen LogP contribution >= 0.6 is 0 Å². The summed E-state index contributed by atoms with van der Waals surface area (Å²) < 4.78 is 11.4. The Hall–Kier alpha value is -3.39. The fraction of sp³-hybridized carbons (Fsp3) is 0.370. The standard InChI is InChI=1S/C27H31N3O2/c1-3-5-6-7-16-31-26-18-29-27(30-19-26)24-10-8-22(9-11-24)23-12-14-25(15-13-23)32-20-21(4-2)17-28/h8-15,18-19,21H,3-7,16,20H2,1-2H3/t21-/m1/s1. The SMILES string of the molecule is CCCCCCOc1cnc(-c2ccc(-c3ccc(OC[C@@H](C#N)CC)cc3)cc2)nc1. The minimum Gasteiger partial charge on any atom is -0.492 e. The predicted molar refractivity (Wildman–Crippen MR) is 127 cm³/mol. The lowest BCUT2D eigenvalue weighted by molar-refractivity contribution is 0.276. The molecule has 0 bridgehead atoms. The van der Waals surface area contributed by atoms with E-state index in [0.29, 0.717) is 24.8 Å². The Labute approximate surface area is 191 Å². The van der Waals surface area contributed by atoms with E-state index in [1.165, 1.54) is 19.3 Å². The van der Waals surface area contributed by atoms with Gasteiger partial charge in [-0.3, -0.25) is 0 Å². The van der Waals surface area contributed by atoms with Gasteiger partial charge in [-0.15, -0.1) is 0 Å². The summed E-state index contributed by atoms with van der Waals surface area (Å²) in [5.41, 5.74) is 3.17. The molecule has 166 valence electrons. The monoisotopic (exact) mass is 429 g/mol. The largest absolute Gasteiger partial charge is 0.492 e. The van der Waals surface area contributed by atoms with Crippen molar-refractivity contribution < 1.29 is 9.47 Å². The van der Waals surface area contributed by atoms with Gasteiger partial charge in [0.15, 0.2) is 11.6 Å². The molecule has 1 aromatic heterocycles. The summed E-state index contributed by atoms with van der Waals surface area (Å²) in [6.07, 6.45) is 8.99. The van der Waals surface area contributed by atoms with Crippen molar-refractivity contribution in [3.8, 4) is 40.1 Å². The number of benzene rings is 2. The first-order valence-electron chi connectivity index (χ1n) is 11.4. The summed E-state index contributed by atoms with van der Waals surface area (Å²) in [6.45, 7) is 5.32. The fourth-order valence-corrected chi connectivity index (χ4v) is 3.26. The molecule has 0 aliphatic heterocycles. The van der Waals surface area contributed by atoms with Crippen LogP contribution < -0.4 is 9.47 Å². The van der Waals surface area contributed by atoms with Gasteiger partial charge < -0.3 is 9.47 Å². The lowest BCUT2D eigenvalue weighted by atomic mass is 10.0. The average Bonchev–Trinajstić information content (AvgIpc) is 2.85. The van der Waals surface area contributed by atoms with Crippen LogP contribution in [0.1, 0.15) is 46.0 Å². The van der Waals surface area contributed by atoms with Gasteiger partial charge in [0.1, 0.15) is 12.4 Å². The second kappa shape index (κ2) is 12.5. The Morgan fingerprint density at radius 2 is 1.41 bits per heavy atom. The zero-order valence-electron chi connectivity index (χ0n) is 19.0. The molecular weight excluding hydrogens is 398 g/mol. The van der Waals surface area contributed by atoms with Crippen molar-refractivity contribution in [3.63, 3.8) is 0 Å². The zero-order valence-corrected chi connectivity index (χ0v) is 19.0. The maximum Gasteiger partial charge on any atom is 0.159 e. The zero-order chi connectivity index (χ0) is 22.6. The van der Waals surface area contributed by atoms with Gasteiger partial charge in [0, 0.05) is 5.56 Å².